The minimum Gasteiger partial charge on any atom is -0.508 e. The molecule has 0 fully saturated rings. The molecule has 0 aliphatic carbocycles. The predicted octanol–water partition coefficient (Wildman–Crippen LogP) is 2.20. The number of nitrogens with one attached hydrogen (secondary N) is 1. The van der Waals surface area contributed by atoms with Crippen LogP contribution in [0, 0.1) is 11.3 Å². The van der Waals surface area contributed by atoms with Gasteiger partial charge >= 0.3 is 0 Å². The maximum atomic E-state index is 12.5. The number of ether oxygens (including phenoxy) is 1. The van der Waals surface area contributed by atoms with Crippen molar-refractivity contribution in [3.8, 4) is 17.6 Å². The summed E-state index contributed by atoms with van der Waals surface area (Å²) in [4.78, 5) is 12.5. The Morgan fingerprint density at radius 2 is 2.04 bits per heavy atom. The summed E-state index contributed by atoms with van der Waals surface area (Å²) in [5, 5.41) is 32.5. The van der Waals surface area contributed by atoms with Gasteiger partial charge in [0.2, 0.25) is 5.91 Å². The fraction of sp³-hybridized carbons (Fsp3) is 0.300. The Morgan fingerprint density at radius 1 is 1.31 bits per heavy atom. The summed E-state index contributed by atoms with van der Waals surface area (Å²) in [7, 11) is 0. The van der Waals surface area contributed by atoms with Gasteiger partial charge in [-0.1, -0.05) is 18.2 Å². The van der Waals surface area contributed by atoms with Crippen molar-refractivity contribution in [1.29, 1.82) is 5.26 Å². The second-order valence-corrected chi connectivity index (χ2v) is 6.87. The van der Waals surface area contributed by atoms with Crippen LogP contribution in [0.3, 0.4) is 0 Å². The van der Waals surface area contributed by atoms with Gasteiger partial charge in [-0.15, -0.1) is 0 Å². The first kappa shape index (κ1) is 17.8. The Labute approximate surface area is 151 Å². The van der Waals surface area contributed by atoms with E-state index >= 15 is 0 Å². The Balaban J connectivity index is 1.89. The summed E-state index contributed by atoms with van der Waals surface area (Å²) in [6, 6.07) is 12.8. The van der Waals surface area contributed by atoms with Crippen molar-refractivity contribution in [3.63, 3.8) is 0 Å². The molecule has 1 heterocycles. The number of phenols is 1. The van der Waals surface area contributed by atoms with Crippen LogP contribution in [0.5, 0.6) is 11.5 Å². The van der Waals surface area contributed by atoms with Gasteiger partial charge in [-0.05, 0) is 38.1 Å². The van der Waals surface area contributed by atoms with Crippen molar-refractivity contribution < 1.29 is 19.7 Å². The predicted molar refractivity (Wildman–Crippen MR) is 94.6 cm³/mol. The standard InChI is InChI=1S/C20H20N2O4/c1-20(2)19(25)18(14-9-12(11-21)7-8-16(14)26-20)22-17(24)10-13-5-3-4-6-15(13)23/h3-9,18-19,23,25H,10H2,1-2H3,(H,22,24)/t18-,19+/m0/s1. The van der Waals surface area contributed by atoms with Crippen molar-refractivity contribution in [2.24, 2.45) is 0 Å². The second kappa shape index (κ2) is 6.70. The van der Waals surface area contributed by atoms with E-state index in [1.807, 2.05) is 0 Å². The van der Waals surface area contributed by atoms with Crippen LogP contribution in [0.4, 0.5) is 0 Å². The fourth-order valence-corrected chi connectivity index (χ4v) is 3.08. The van der Waals surface area contributed by atoms with E-state index in [4.69, 9.17) is 10.00 Å². The molecule has 0 unspecified atom stereocenters. The van der Waals surface area contributed by atoms with E-state index in [1.54, 1.807) is 50.2 Å². The van der Waals surface area contributed by atoms with Crippen LogP contribution in [0.2, 0.25) is 0 Å². The van der Waals surface area contributed by atoms with Crippen LogP contribution in [0.25, 0.3) is 0 Å². The van der Waals surface area contributed by atoms with E-state index in [1.165, 1.54) is 6.07 Å². The highest BCUT2D eigenvalue weighted by Gasteiger charge is 2.43. The molecule has 0 bridgehead atoms. The first-order valence-corrected chi connectivity index (χ1v) is 8.29. The quantitative estimate of drug-likeness (QED) is 0.786. The van der Waals surface area contributed by atoms with Gasteiger partial charge in [0.05, 0.1) is 24.1 Å². The van der Waals surface area contributed by atoms with E-state index in [9.17, 15) is 15.0 Å². The molecular formula is C20H20N2O4. The van der Waals surface area contributed by atoms with Gasteiger partial charge in [0.1, 0.15) is 23.2 Å². The molecule has 2 atom stereocenters. The number of phenolic OH excluding ortho intramolecular Hbond substituents is 1. The zero-order valence-electron chi connectivity index (χ0n) is 14.6. The van der Waals surface area contributed by atoms with E-state index < -0.39 is 17.7 Å². The Morgan fingerprint density at radius 3 is 2.73 bits per heavy atom. The number of hydrogen-bond donors (Lipinski definition) is 3. The van der Waals surface area contributed by atoms with Gasteiger partial charge in [-0.25, -0.2) is 0 Å². The Kier molecular flexibility index (Phi) is 4.58. The van der Waals surface area contributed by atoms with Crippen LogP contribution in [0.15, 0.2) is 42.5 Å². The molecule has 1 aliphatic rings. The third-order valence-corrected chi connectivity index (χ3v) is 4.53. The second-order valence-electron chi connectivity index (χ2n) is 6.87. The maximum Gasteiger partial charge on any atom is 0.225 e. The molecule has 3 N–H and O–H groups in total. The van der Waals surface area contributed by atoms with Crippen LogP contribution >= 0.6 is 0 Å². The van der Waals surface area contributed by atoms with Crippen LogP contribution in [-0.4, -0.2) is 27.8 Å². The molecule has 6 nitrogen and oxygen atoms in total. The minimum absolute atomic E-state index is 0.0234. The number of aliphatic hydroxyl groups excluding tert-OH is 1. The number of para-hydroxylation sites is 1. The van der Waals surface area contributed by atoms with Crippen molar-refractivity contribution >= 4 is 5.91 Å². The lowest BCUT2D eigenvalue weighted by molar-refractivity contribution is -0.125. The molecule has 0 spiro atoms. The highest BCUT2D eigenvalue weighted by molar-refractivity contribution is 5.80. The lowest BCUT2D eigenvalue weighted by Gasteiger charge is -2.42. The van der Waals surface area contributed by atoms with Crippen molar-refractivity contribution in [2.75, 3.05) is 0 Å². The number of rotatable bonds is 3. The average molecular weight is 352 g/mol. The Hall–Kier alpha value is -3.04. The molecule has 134 valence electrons. The first-order valence-electron chi connectivity index (χ1n) is 8.29. The molecule has 0 saturated carbocycles. The van der Waals surface area contributed by atoms with Crippen LogP contribution in [0.1, 0.15) is 36.6 Å². The maximum absolute atomic E-state index is 12.5. The molecule has 2 aromatic rings. The summed E-state index contributed by atoms with van der Waals surface area (Å²) in [6.45, 7) is 3.47. The smallest absolute Gasteiger partial charge is 0.225 e. The average Bonchev–Trinajstić information content (AvgIpc) is 2.60. The third-order valence-electron chi connectivity index (χ3n) is 4.53. The van der Waals surface area contributed by atoms with Gasteiger partial charge in [-0.2, -0.15) is 5.26 Å². The summed E-state index contributed by atoms with van der Waals surface area (Å²) in [6.07, 6.45) is -1.03. The Bertz CT molecular complexity index is 886. The lowest BCUT2D eigenvalue weighted by Crippen LogP contribution is -2.53. The monoisotopic (exact) mass is 352 g/mol. The molecular weight excluding hydrogens is 332 g/mol. The zero-order chi connectivity index (χ0) is 18.9. The highest BCUT2D eigenvalue weighted by Crippen LogP contribution is 2.40. The lowest BCUT2D eigenvalue weighted by atomic mass is 9.86. The van der Waals surface area contributed by atoms with E-state index in [0.717, 1.165) is 0 Å². The first-order chi connectivity index (χ1) is 12.3. The van der Waals surface area contributed by atoms with Gasteiger partial charge in [0, 0.05) is 11.1 Å². The van der Waals surface area contributed by atoms with Crippen LogP contribution in [-0.2, 0) is 11.2 Å². The number of carbonyl (C=O) groups is 1. The van der Waals surface area contributed by atoms with Crippen molar-refractivity contribution in [1.82, 2.24) is 5.32 Å². The molecule has 2 aromatic carbocycles. The number of aromatic hydroxyl groups is 1. The third kappa shape index (κ3) is 3.35. The molecule has 0 radical (unpaired) electrons. The van der Waals surface area contributed by atoms with Gasteiger partial charge in [-0.3, -0.25) is 4.79 Å². The number of aliphatic hydroxyl groups is 1. The van der Waals surface area contributed by atoms with E-state index in [-0.39, 0.29) is 18.1 Å². The number of hydrogen-bond acceptors (Lipinski definition) is 5. The van der Waals surface area contributed by atoms with E-state index in [2.05, 4.69) is 11.4 Å². The zero-order valence-corrected chi connectivity index (χ0v) is 14.6. The summed E-state index contributed by atoms with van der Waals surface area (Å²) >= 11 is 0. The van der Waals surface area contributed by atoms with Crippen molar-refractivity contribution in [2.45, 2.75) is 38.0 Å². The molecule has 0 saturated heterocycles. The molecule has 6 heteroatoms. The fourth-order valence-electron chi connectivity index (χ4n) is 3.08. The molecule has 0 aromatic heterocycles. The SMILES string of the molecule is CC1(C)Oc2ccc(C#N)cc2[C@H](NC(=O)Cc2ccccc2O)[C@H]1O. The van der Waals surface area contributed by atoms with Gasteiger partial charge in [0.15, 0.2) is 0 Å². The molecule has 1 aliphatic heterocycles. The number of fused-ring (bicyclic) bond motifs is 1. The highest BCUT2D eigenvalue weighted by atomic mass is 16.5. The summed E-state index contributed by atoms with van der Waals surface area (Å²) < 4.78 is 5.83. The number of benzene rings is 2. The number of carbonyl (C=O) groups excluding carboxylic acids is 1. The topological polar surface area (TPSA) is 103 Å². The minimum atomic E-state index is -1.00. The molecule has 1 amide bonds. The summed E-state index contributed by atoms with van der Waals surface area (Å²) in [5.74, 6) is 0.219. The number of nitrogens with zero attached hydrogens (tertiary/aromatic N) is 1. The number of amides is 1. The number of nitriles is 1. The van der Waals surface area contributed by atoms with Crippen LogP contribution < -0.4 is 10.1 Å². The molecule has 3 rings (SSSR count). The van der Waals surface area contributed by atoms with E-state index in [0.29, 0.717) is 22.4 Å². The largest absolute Gasteiger partial charge is 0.508 e. The normalized spacial score (nSPS) is 20.4. The van der Waals surface area contributed by atoms with Gasteiger partial charge in [0.25, 0.3) is 0 Å². The van der Waals surface area contributed by atoms with Gasteiger partial charge < -0.3 is 20.3 Å². The van der Waals surface area contributed by atoms with Crippen molar-refractivity contribution in [3.05, 3.63) is 59.2 Å². The summed E-state index contributed by atoms with van der Waals surface area (Å²) in [5.41, 5.74) is 0.561. The molecule has 26 heavy (non-hydrogen) atoms.